The molecular formula is C14H26N2O2. The number of nitrogens with one attached hydrogen (secondary N) is 1. The molecule has 4 heteroatoms. The minimum atomic E-state index is -0.411. The topological polar surface area (TPSA) is 49.4 Å². The number of rotatable bonds is 3. The molecule has 0 radical (unpaired) electrons. The Balaban J connectivity index is 2.87. The maximum Gasteiger partial charge on any atom is 0.246 e. The van der Waals surface area contributed by atoms with E-state index >= 15 is 0 Å². The lowest BCUT2D eigenvalue weighted by atomic mass is 9.83. The van der Waals surface area contributed by atoms with Crippen molar-refractivity contribution in [2.24, 2.45) is 10.8 Å². The Labute approximate surface area is 110 Å². The number of hydrogen-bond acceptors (Lipinski definition) is 2. The summed E-state index contributed by atoms with van der Waals surface area (Å²) >= 11 is 0. The van der Waals surface area contributed by atoms with Crippen LogP contribution in [0, 0.1) is 10.8 Å². The Morgan fingerprint density at radius 2 is 1.78 bits per heavy atom. The van der Waals surface area contributed by atoms with Crippen LogP contribution in [-0.2, 0) is 9.59 Å². The van der Waals surface area contributed by atoms with Crippen LogP contribution in [0.15, 0.2) is 0 Å². The average Bonchev–Trinajstić information content (AvgIpc) is 2.21. The Morgan fingerprint density at radius 1 is 1.22 bits per heavy atom. The molecule has 0 aromatic carbocycles. The van der Waals surface area contributed by atoms with E-state index in [-0.39, 0.29) is 29.2 Å². The predicted octanol–water partition coefficient (Wildman–Crippen LogP) is 1.80. The number of piperazine rings is 1. The first-order valence-corrected chi connectivity index (χ1v) is 6.65. The summed E-state index contributed by atoms with van der Waals surface area (Å²) in [7, 11) is 0. The molecule has 2 amide bonds. The fraction of sp³-hybridized carbons (Fsp3) is 0.857. The summed E-state index contributed by atoms with van der Waals surface area (Å²) in [4.78, 5) is 25.9. The van der Waals surface area contributed by atoms with E-state index in [1.54, 1.807) is 4.90 Å². The molecular weight excluding hydrogens is 228 g/mol. The number of carbonyl (C=O) groups is 2. The highest BCUT2D eigenvalue weighted by Gasteiger charge is 2.41. The quantitative estimate of drug-likeness (QED) is 0.835. The summed E-state index contributed by atoms with van der Waals surface area (Å²) in [6.45, 7) is 13.1. The lowest BCUT2D eigenvalue weighted by Gasteiger charge is -2.41. The van der Waals surface area contributed by atoms with Gasteiger partial charge < -0.3 is 10.2 Å². The van der Waals surface area contributed by atoms with E-state index < -0.39 is 6.04 Å². The zero-order valence-electron chi connectivity index (χ0n) is 12.5. The predicted molar refractivity (Wildman–Crippen MR) is 72.0 cm³/mol. The van der Waals surface area contributed by atoms with Crippen molar-refractivity contribution >= 4 is 11.8 Å². The van der Waals surface area contributed by atoms with Gasteiger partial charge in [0, 0.05) is 6.54 Å². The van der Waals surface area contributed by atoms with Gasteiger partial charge in [0.05, 0.1) is 6.54 Å². The van der Waals surface area contributed by atoms with E-state index in [0.29, 0.717) is 6.54 Å². The second-order valence-electron chi connectivity index (χ2n) is 7.08. The van der Waals surface area contributed by atoms with Gasteiger partial charge in [-0.05, 0) is 17.3 Å². The lowest BCUT2D eigenvalue weighted by molar-refractivity contribution is -0.148. The van der Waals surface area contributed by atoms with Crippen molar-refractivity contribution < 1.29 is 9.59 Å². The zero-order chi connectivity index (χ0) is 14.1. The van der Waals surface area contributed by atoms with Crippen LogP contribution in [0.1, 0.15) is 48.0 Å². The molecule has 1 atom stereocenters. The summed E-state index contributed by atoms with van der Waals surface area (Å²) in [6, 6.07) is -0.411. The molecule has 4 nitrogen and oxygen atoms in total. The van der Waals surface area contributed by atoms with Crippen molar-refractivity contribution in [2.45, 2.75) is 54.0 Å². The van der Waals surface area contributed by atoms with Crippen LogP contribution in [0.25, 0.3) is 0 Å². The molecule has 1 unspecified atom stereocenters. The van der Waals surface area contributed by atoms with Crippen molar-refractivity contribution in [1.29, 1.82) is 0 Å². The second kappa shape index (κ2) is 4.90. The monoisotopic (exact) mass is 254 g/mol. The maximum atomic E-state index is 12.4. The number of carbonyl (C=O) groups excluding carboxylic acids is 2. The van der Waals surface area contributed by atoms with Crippen molar-refractivity contribution in [3.05, 3.63) is 0 Å². The van der Waals surface area contributed by atoms with Gasteiger partial charge in [0.1, 0.15) is 6.04 Å². The standard InChI is InChI=1S/C14H26N2O2/c1-7-14(5,6)9-16-8-10(17)15-11(12(16)18)13(2,3)4/h11H,7-9H2,1-6H3,(H,15,17). The highest BCUT2D eigenvalue weighted by Crippen LogP contribution is 2.27. The Kier molecular flexibility index (Phi) is 4.08. The first kappa shape index (κ1) is 15.0. The largest absolute Gasteiger partial charge is 0.342 e. The van der Waals surface area contributed by atoms with E-state index in [4.69, 9.17) is 0 Å². The summed E-state index contributed by atoms with van der Waals surface area (Å²) in [6.07, 6.45) is 0.985. The van der Waals surface area contributed by atoms with Crippen molar-refractivity contribution in [3.8, 4) is 0 Å². The van der Waals surface area contributed by atoms with Gasteiger partial charge in [-0.25, -0.2) is 0 Å². The fourth-order valence-corrected chi connectivity index (χ4v) is 2.05. The van der Waals surface area contributed by atoms with Gasteiger partial charge >= 0.3 is 0 Å². The number of amides is 2. The fourth-order valence-electron chi connectivity index (χ4n) is 2.05. The molecule has 0 aromatic rings. The molecule has 0 aromatic heterocycles. The first-order chi connectivity index (χ1) is 8.07. The molecule has 18 heavy (non-hydrogen) atoms. The van der Waals surface area contributed by atoms with Crippen molar-refractivity contribution in [3.63, 3.8) is 0 Å². The zero-order valence-corrected chi connectivity index (χ0v) is 12.5. The molecule has 0 saturated carbocycles. The molecule has 1 aliphatic heterocycles. The minimum absolute atomic E-state index is 0.0450. The minimum Gasteiger partial charge on any atom is -0.342 e. The molecule has 0 spiro atoms. The van der Waals surface area contributed by atoms with Crippen LogP contribution >= 0.6 is 0 Å². The van der Waals surface area contributed by atoms with Gasteiger partial charge in [-0.2, -0.15) is 0 Å². The van der Waals surface area contributed by atoms with Crippen LogP contribution in [0.2, 0.25) is 0 Å². The molecule has 0 aliphatic carbocycles. The Bertz CT molecular complexity index is 342. The molecule has 0 bridgehead atoms. The van der Waals surface area contributed by atoms with E-state index in [9.17, 15) is 9.59 Å². The van der Waals surface area contributed by atoms with Gasteiger partial charge in [0.25, 0.3) is 0 Å². The molecule has 1 heterocycles. The molecule has 1 saturated heterocycles. The number of hydrogen-bond donors (Lipinski definition) is 1. The van der Waals surface area contributed by atoms with E-state index in [1.807, 2.05) is 20.8 Å². The van der Waals surface area contributed by atoms with Gasteiger partial charge in [-0.1, -0.05) is 41.5 Å². The third kappa shape index (κ3) is 3.47. The Morgan fingerprint density at radius 3 is 2.22 bits per heavy atom. The van der Waals surface area contributed by atoms with Crippen LogP contribution in [-0.4, -0.2) is 35.8 Å². The molecule has 1 rings (SSSR count). The highest BCUT2D eigenvalue weighted by atomic mass is 16.2. The van der Waals surface area contributed by atoms with Crippen LogP contribution in [0.4, 0.5) is 0 Å². The smallest absolute Gasteiger partial charge is 0.246 e. The summed E-state index contributed by atoms with van der Waals surface area (Å²) in [5.74, 6) is -0.00921. The normalized spacial score (nSPS) is 22.1. The molecule has 104 valence electrons. The van der Waals surface area contributed by atoms with Crippen LogP contribution in [0.5, 0.6) is 0 Å². The van der Waals surface area contributed by atoms with Gasteiger partial charge in [-0.3, -0.25) is 9.59 Å². The van der Waals surface area contributed by atoms with E-state index in [0.717, 1.165) is 6.42 Å². The summed E-state index contributed by atoms with van der Waals surface area (Å²) in [5, 5.41) is 2.81. The third-order valence-electron chi connectivity index (χ3n) is 3.64. The first-order valence-electron chi connectivity index (χ1n) is 6.65. The molecule has 1 fully saturated rings. The van der Waals surface area contributed by atoms with Crippen LogP contribution < -0.4 is 5.32 Å². The van der Waals surface area contributed by atoms with Crippen molar-refractivity contribution in [1.82, 2.24) is 10.2 Å². The maximum absolute atomic E-state index is 12.4. The average molecular weight is 254 g/mol. The van der Waals surface area contributed by atoms with E-state index in [2.05, 4.69) is 26.1 Å². The second-order valence-corrected chi connectivity index (χ2v) is 7.08. The van der Waals surface area contributed by atoms with Gasteiger partial charge in [0.15, 0.2) is 0 Å². The Hall–Kier alpha value is -1.06. The molecule has 1 aliphatic rings. The van der Waals surface area contributed by atoms with Gasteiger partial charge in [-0.15, -0.1) is 0 Å². The summed E-state index contributed by atoms with van der Waals surface area (Å²) < 4.78 is 0. The van der Waals surface area contributed by atoms with Crippen LogP contribution in [0.3, 0.4) is 0 Å². The highest BCUT2D eigenvalue weighted by molar-refractivity contribution is 5.95. The molecule has 1 N–H and O–H groups in total. The van der Waals surface area contributed by atoms with Crippen molar-refractivity contribution in [2.75, 3.05) is 13.1 Å². The number of nitrogens with zero attached hydrogens (tertiary/aromatic N) is 1. The SMILES string of the molecule is CCC(C)(C)CN1CC(=O)NC(C(C)(C)C)C1=O. The van der Waals surface area contributed by atoms with Gasteiger partial charge in [0.2, 0.25) is 11.8 Å². The third-order valence-corrected chi connectivity index (χ3v) is 3.64. The lowest BCUT2D eigenvalue weighted by Crippen LogP contribution is -2.63. The summed E-state index contributed by atoms with van der Waals surface area (Å²) in [5.41, 5.74) is -0.197. The van der Waals surface area contributed by atoms with E-state index in [1.165, 1.54) is 0 Å².